The third kappa shape index (κ3) is 6.08. The highest BCUT2D eigenvalue weighted by atomic mass is 35.5. The smallest absolute Gasteiger partial charge is 0.268 e. The summed E-state index contributed by atoms with van der Waals surface area (Å²) in [5.74, 6) is -1.36. The van der Waals surface area contributed by atoms with Gasteiger partial charge < -0.3 is 25.7 Å². The van der Waals surface area contributed by atoms with Crippen LogP contribution >= 0.6 is 11.6 Å². The topological polar surface area (TPSA) is 129 Å². The molecule has 1 saturated heterocycles. The van der Waals surface area contributed by atoms with Crippen LogP contribution in [0.2, 0.25) is 0 Å². The maximum atomic E-state index is 13.2. The first-order valence-corrected chi connectivity index (χ1v) is 11.9. The number of alkyl halides is 1. The van der Waals surface area contributed by atoms with Gasteiger partial charge in [-0.05, 0) is 43.4 Å². The van der Waals surface area contributed by atoms with Gasteiger partial charge in [-0.3, -0.25) is 19.2 Å². The molecular weight excluding hydrogens is 460 g/mol. The molecule has 1 aromatic carbocycles. The van der Waals surface area contributed by atoms with Crippen LogP contribution in [-0.2, 0) is 14.4 Å². The lowest BCUT2D eigenvalue weighted by atomic mass is 9.95. The van der Waals surface area contributed by atoms with Crippen molar-refractivity contribution >= 4 is 46.0 Å². The van der Waals surface area contributed by atoms with E-state index in [-0.39, 0.29) is 41.5 Å². The Morgan fingerprint density at radius 3 is 2.59 bits per heavy atom. The van der Waals surface area contributed by atoms with E-state index < -0.39 is 23.9 Å². The molecule has 1 unspecified atom stereocenters. The van der Waals surface area contributed by atoms with Crippen molar-refractivity contribution in [1.29, 1.82) is 0 Å². The maximum Gasteiger partial charge on any atom is 0.268 e. The summed E-state index contributed by atoms with van der Waals surface area (Å²) in [6.07, 6.45) is 1.14. The average Bonchev–Trinajstić information content (AvgIpc) is 3.43. The number of ketones is 1. The largest absolute Gasteiger partial charge is 0.496 e. The number of amides is 3. The molecule has 9 nitrogen and oxygen atoms in total. The fraction of sp³-hybridized carbons (Fsp3) is 0.500. The van der Waals surface area contributed by atoms with Crippen LogP contribution in [0.4, 0.5) is 0 Å². The van der Waals surface area contributed by atoms with Gasteiger partial charge >= 0.3 is 0 Å². The summed E-state index contributed by atoms with van der Waals surface area (Å²) in [6, 6.07) is 5.34. The number of hydrogen-bond acceptors (Lipinski definition) is 5. The van der Waals surface area contributed by atoms with E-state index >= 15 is 0 Å². The van der Waals surface area contributed by atoms with E-state index in [1.807, 2.05) is 26.0 Å². The first-order valence-electron chi connectivity index (χ1n) is 11.4. The summed E-state index contributed by atoms with van der Waals surface area (Å²) >= 11 is 5.76. The summed E-state index contributed by atoms with van der Waals surface area (Å²) in [5, 5.41) is 8.99. The van der Waals surface area contributed by atoms with Gasteiger partial charge in [0.15, 0.2) is 5.78 Å². The molecule has 3 amide bonds. The number of benzene rings is 1. The molecule has 0 spiro atoms. The molecule has 1 aromatic heterocycles. The molecule has 0 radical (unpaired) electrons. The molecular formula is C24H31ClN4O5. The monoisotopic (exact) mass is 490 g/mol. The molecule has 0 bridgehead atoms. The molecule has 0 saturated carbocycles. The van der Waals surface area contributed by atoms with Crippen LogP contribution in [0, 0.1) is 11.8 Å². The van der Waals surface area contributed by atoms with E-state index in [2.05, 4.69) is 20.9 Å². The van der Waals surface area contributed by atoms with Gasteiger partial charge in [-0.25, -0.2) is 0 Å². The highest BCUT2D eigenvalue weighted by Crippen LogP contribution is 2.26. The molecule has 10 heteroatoms. The molecule has 184 valence electrons. The minimum atomic E-state index is -0.900. The van der Waals surface area contributed by atoms with Crippen molar-refractivity contribution in [2.75, 3.05) is 19.5 Å². The van der Waals surface area contributed by atoms with Crippen molar-refractivity contribution in [3.05, 3.63) is 30.0 Å². The molecule has 3 rings (SSSR count). The Balaban J connectivity index is 1.75. The van der Waals surface area contributed by atoms with Crippen molar-refractivity contribution in [1.82, 2.24) is 20.9 Å². The van der Waals surface area contributed by atoms with Crippen LogP contribution in [-0.4, -0.2) is 60.1 Å². The van der Waals surface area contributed by atoms with Crippen molar-refractivity contribution in [2.45, 2.75) is 45.2 Å². The second-order valence-electron chi connectivity index (χ2n) is 8.93. The highest BCUT2D eigenvalue weighted by Gasteiger charge is 2.33. The third-order valence-corrected chi connectivity index (χ3v) is 6.20. The Labute approximate surface area is 203 Å². The van der Waals surface area contributed by atoms with Crippen LogP contribution < -0.4 is 20.7 Å². The van der Waals surface area contributed by atoms with Gasteiger partial charge in [0.1, 0.15) is 17.5 Å². The summed E-state index contributed by atoms with van der Waals surface area (Å²) in [4.78, 5) is 53.6. The van der Waals surface area contributed by atoms with E-state index in [1.54, 1.807) is 19.2 Å². The number of fused-ring (bicyclic) bond motifs is 1. The Kier molecular flexibility index (Phi) is 8.55. The lowest BCUT2D eigenvalue weighted by Gasteiger charge is -2.24. The number of aromatic amines is 1. The first-order chi connectivity index (χ1) is 16.2. The fourth-order valence-electron chi connectivity index (χ4n) is 4.16. The van der Waals surface area contributed by atoms with Gasteiger partial charge in [0.25, 0.3) is 5.91 Å². The van der Waals surface area contributed by atoms with E-state index in [9.17, 15) is 19.2 Å². The van der Waals surface area contributed by atoms with E-state index in [1.165, 1.54) is 0 Å². The zero-order valence-electron chi connectivity index (χ0n) is 19.6. The minimum absolute atomic E-state index is 0.0987. The number of carbonyl (C=O) groups excluding carboxylic acids is 4. The SMILES string of the molecule is COc1cccc2[nH]c(C(=O)N[C@@H](CC(C)C)C(=O)N[C@H](CC3CCNC3=O)C(=O)CCl)cc12. The first kappa shape index (κ1) is 25.6. The number of hydrogen-bond donors (Lipinski definition) is 4. The molecule has 34 heavy (non-hydrogen) atoms. The average molecular weight is 491 g/mol. The number of ether oxygens (including phenoxy) is 1. The number of methoxy groups -OCH3 is 1. The van der Waals surface area contributed by atoms with E-state index in [4.69, 9.17) is 16.3 Å². The summed E-state index contributed by atoms with van der Waals surface area (Å²) < 4.78 is 5.34. The van der Waals surface area contributed by atoms with Crippen LogP contribution in [0.3, 0.4) is 0 Å². The van der Waals surface area contributed by atoms with Crippen LogP contribution in [0.1, 0.15) is 43.6 Å². The predicted molar refractivity (Wildman–Crippen MR) is 129 cm³/mol. The molecule has 1 aliphatic rings. The molecule has 3 atom stereocenters. The van der Waals surface area contributed by atoms with Gasteiger partial charge in [-0.1, -0.05) is 19.9 Å². The van der Waals surface area contributed by atoms with Crippen LogP contribution in [0.5, 0.6) is 5.75 Å². The lowest BCUT2D eigenvalue weighted by Crippen LogP contribution is -2.53. The van der Waals surface area contributed by atoms with Gasteiger partial charge in [0, 0.05) is 23.4 Å². The zero-order chi connectivity index (χ0) is 24.8. The molecule has 2 aromatic rings. The number of rotatable bonds is 11. The summed E-state index contributed by atoms with van der Waals surface area (Å²) in [6.45, 7) is 4.41. The Bertz CT molecular complexity index is 1070. The molecule has 2 heterocycles. The minimum Gasteiger partial charge on any atom is -0.496 e. The molecule has 4 N–H and O–H groups in total. The maximum absolute atomic E-state index is 13.2. The highest BCUT2D eigenvalue weighted by molar-refractivity contribution is 6.28. The fourth-order valence-corrected chi connectivity index (χ4v) is 4.34. The van der Waals surface area contributed by atoms with Crippen LogP contribution in [0.25, 0.3) is 10.9 Å². The Hall–Kier alpha value is -3.07. The Morgan fingerprint density at radius 1 is 1.21 bits per heavy atom. The van der Waals surface area contributed by atoms with Crippen LogP contribution in [0.15, 0.2) is 24.3 Å². The number of nitrogens with one attached hydrogen (secondary N) is 4. The second kappa shape index (κ2) is 11.4. The number of aromatic nitrogens is 1. The normalized spacial score (nSPS) is 17.3. The summed E-state index contributed by atoms with van der Waals surface area (Å²) in [5.41, 5.74) is 1.02. The third-order valence-electron chi connectivity index (χ3n) is 5.94. The van der Waals surface area contributed by atoms with Gasteiger partial charge in [0.2, 0.25) is 11.8 Å². The van der Waals surface area contributed by atoms with Gasteiger partial charge in [-0.15, -0.1) is 11.6 Å². The van der Waals surface area contributed by atoms with E-state index in [0.29, 0.717) is 25.1 Å². The Morgan fingerprint density at radius 2 is 1.97 bits per heavy atom. The molecule has 0 aliphatic carbocycles. The number of H-pyrrole nitrogens is 1. The van der Waals surface area contributed by atoms with Crippen molar-refractivity contribution in [3.8, 4) is 5.75 Å². The van der Waals surface area contributed by atoms with Gasteiger partial charge in [-0.2, -0.15) is 0 Å². The van der Waals surface area contributed by atoms with Crippen molar-refractivity contribution in [3.63, 3.8) is 0 Å². The molecule has 1 aliphatic heterocycles. The zero-order valence-corrected chi connectivity index (χ0v) is 20.3. The number of carbonyl (C=O) groups is 4. The summed E-state index contributed by atoms with van der Waals surface area (Å²) in [7, 11) is 1.55. The lowest BCUT2D eigenvalue weighted by molar-refractivity contribution is -0.129. The standard InChI is InChI=1S/C24H31ClN4O5/c1-13(2)9-18(23(32)28-17(20(30)12-25)10-14-7-8-26-22(14)31)29-24(33)19-11-15-16(27-19)5-4-6-21(15)34-3/h4-6,11,13-14,17-18,27H,7-10,12H2,1-3H3,(H,26,31)(H,28,32)(H,29,33)/t14?,17-,18+/m1/s1. The van der Waals surface area contributed by atoms with Crippen molar-refractivity contribution in [2.24, 2.45) is 11.8 Å². The predicted octanol–water partition coefficient (Wildman–Crippen LogP) is 2.14. The van der Waals surface area contributed by atoms with Gasteiger partial charge in [0.05, 0.1) is 19.0 Å². The second-order valence-corrected chi connectivity index (χ2v) is 9.20. The quantitative estimate of drug-likeness (QED) is 0.359. The van der Waals surface area contributed by atoms with E-state index in [0.717, 1.165) is 10.9 Å². The number of Topliss-reactive ketones (excluding diaryl/α,β-unsaturated/α-hetero) is 1. The van der Waals surface area contributed by atoms with Crippen molar-refractivity contribution < 1.29 is 23.9 Å². The molecule has 1 fully saturated rings. The number of halogens is 1.